The highest BCUT2D eigenvalue weighted by molar-refractivity contribution is 5.57. The molecule has 0 radical (unpaired) electrons. The second-order valence-electron chi connectivity index (χ2n) is 7.61. The summed E-state index contributed by atoms with van der Waals surface area (Å²) >= 11 is 0. The van der Waals surface area contributed by atoms with E-state index in [-0.39, 0.29) is 0 Å². The number of hydrogen-bond acceptors (Lipinski definition) is 2. The van der Waals surface area contributed by atoms with Crippen LogP contribution in [0.3, 0.4) is 0 Å². The molecule has 110 valence electrons. The van der Waals surface area contributed by atoms with Crippen LogP contribution in [0.2, 0.25) is 0 Å². The van der Waals surface area contributed by atoms with Crippen LogP contribution in [0.15, 0.2) is 24.3 Å². The normalized spacial score (nSPS) is 26.6. The number of rotatable bonds is 3. The molecule has 2 nitrogen and oxygen atoms in total. The van der Waals surface area contributed by atoms with Crippen molar-refractivity contribution in [2.45, 2.75) is 39.5 Å². The van der Waals surface area contributed by atoms with Gasteiger partial charge in [-0.3, -0.25) is 0 Å². The summed E-state index contributed by atoms with van der Waals surface area (Å²) in [7, 11) is 0. The summed E-state index contributed by atoms with van der Waals surface area (Å²) < 4.78 is 0. The van der Waals surface area contributed by atoms with Crippen LogP contribution < -0.4 is 5.32 Å². The third kappa shape index (κ3) is 2.85. The Balaban J connectivity index is 1.52. The largest absolute Gasteiger partial charge is 0.384 e. The summed E-state index contributed by atoms with van der Waals surface area (Å²) in [6, 6.07) is 8.80. The fraction of sp³-hybridized carbons (Fsp3) is 0.667. The quantitative estimate of drug-likeness (QED) is 0.896. The van der Waals surface area contributed by atoms with Crippen LogP contribution >= 0.6 is 0 Å². The van der Waals surface area contributed by atoms with Crippen LogP contribution in [0.25, 0.3) is 0 Å². The summed E-state index contributed by atoms with van der Waals surface area (Å²) in [5, 5.41) is 3.54. The lowest BCUT2D eigenvalue weighted by Crippen LogP contribution is -2.27. The monoisotopic (exact) mass is 272 g/mol. The van der Waals surface area contributed by atoms with E-state index in [2.05, 4.69) is 55.3 Å². The van der Waals surface area contributed by atoms with Crippen LogP contribution in [-0.2, 0) is 0 Å². The van der Waals surface area contributed by atoms with Crippen molar-refractivity contribution < 1.29 is 0 Å². The van der Waals surface area contributed by atoms with Gasteiger partial charge in [0.1, 0.15) is 0 Å². The van der Waals surface area contributed by atoms with Crippen molar-refractivity contribution in [3.05, 3.63) is 29.8 Å². The van der Waals surface area contributed by atoms with E-state index < -0.39 is 0 Å². The van der Waals surface area contributed by atoms with Crippen LogP contribution in [-0.4, -0.2) is 31.1 Å². The van der Waals surface area contributed by atoms with Crippen molar-refractivity contribution in [3.8, 4) is 0 Å². The number of fused-ring (bicyclic) bond motifs is 1. The van der Waals surface area contributed by atoms with Crippen molar-refractivity contribution >= 4 is 5.69 Å². The van der Waals surface area contributed by atoms with Gasteiger partial charge in [-0.15, -0.1) is 0 Å². The number of benzene rings is 1. The molecule has 2 heteroatoms. The number of hydrogen-bond donors (Lipinski definition) is 1. The lowest BCUT2D eigenvalue weighted by atomic mass is 9.80. The minimum atomic E-state index is 0.469. The standard InChI is InChI=1S/C18H28N2/c1-18(2,3)15-9-11-20(13-15)10-8-14-12-19-17-7-5-4-6-16(14)17/h4-7,14-15,19H,8-13H2,1-3H3. The maximum absolute atomic E-state index is 3.54. The van der Waals surface area contributed by atoms with E-state index in [0.29, 0.717) is 11.3 Å². The first kappa shape index (κ1) is 13.9. The second-order valence-corrected chi connectivity index (χ2v) is 7.61. The Labute approximate surface area is 123 Å². The fourth-order valence-corrected chi connectivity index (χ4v) is 3.70. The van der Waals surface area contributed by atoms with Crippen LogP contribution in [0.4, 0.5) is 5.69 Å². The first-order valence-electron chi connectivity index (χ1n) is 8.09. The molecule has 1 N–H and O–H groups in total. The average molecular weight is 272 g/mol. The highest BCUT2D eigenvalue weighted by Gasteiger charge is 2.32. The molecule has 1 aromatic carbocycles. The maximum atomic E-state index is 3.54. The Morgan fingerprint density at radius 2 is 2.05 bits per heavy atom. The minimum Gasteiger partial charge on any atom is -0.384 e. The number of nitrogens with zero attached hydrogens (tertiary/aromatic N) is 1. The fourth-order valence-electron chi connectivity index (χ4n) is 3.70. The van der Waals surface area contributed by atoms with Crippen molar-refractivity contribution in [1.29, 1.82) is 0 Å². The summed E-state index contributed by atoms with van der Waals surface area (Å²) in [5.41, 5.74) is 3.35. The van der Waals surface area contributed by atoms with Gasteiger partial charge in [-0.25, -0.2) is 0 Å². The van der Waals surface area contributed by atoms with Crippen molar-refractivity contribution in [3.63, 3.8) is 0 Å². The molecule has 2 aliphatic rings. The van der Waals surface area contributed by atoms with E-state index in [1.165, 1.54) is 43.7 Å². The van der Waals surface area contributed by atoms with Gasteiger partial charge in [-0.1, -0.05) is 39.0 Å². The third-order valence-electron chi connectivity index (χ3n) is 5.23. The van der Waals surface area contributed by atoms with Gasteiger partial charge >= 0.3 is 0 Å². The Hall–Kier alpha value is -1.02. The molecule has 0 amide bonds. The summed E-state index contributed by atoms with van der Waals surface area (Å²) in [4.78, 5) is 2.68. The Bertz CT molecular complexity index is 461. The van der Waals surface area contributed by atoms with Crippen LogP contribution in [0, 0.1) is 11.3 Å². The second kappa shape index (κ2) is 5.40. The Morgan fingerprint density at radius 1 is 1.25 bits per heavy atom. The number of likely N-dealkylation sites (tertiary alicyclic amines) is 1. The summed E-state index contributed by atoms with van der Waals surface area (Å²) in [6.45, 7) is 12.1. The molecule has 2 aliphatic heterocycles. The minimum absolute atomic E-state index is 0.469. The predicted molar refractivity (Wildman–Crippen MR) is 86.3 cm³/mol. The van der Waals surface area contributed by atoms with Crippen molar-refractivity contribution in [1.82, 2.24) is 4.90 Å². The molecule has 0 aliphatic carbocycles. The molecule has 2 heterocycles. The lowest BCUT2D eigenvalue weighted by molar-refractivity contribution is 0.227. The van der Waals surface area contributed by atoms with E-state index in [1.807, 2.05) is 0 Å². The maximum Gasteiger partial charge on any atom is 0.0376 e. The lowest BCUT2D eigenvalue weighted by Gasteiger charge is -2.27. The Morgan fingerprint density at radius 3 is 2.80 bits per heavy atom. The van der Waals surface area contributed by atoms with Gasteiger partial charge in [0.2, 0.25) is 0 Å². The van der Waals surface area contributed by atoms with Crippen LogP contribution in [0.1, 0.15) is 45.1 Å². The molecule has 1 fully saturated rings. The summed E-state index contributed by atoms with van der Waals surface area (Å²) in [5.74, 6) is 1.58. The van der Waals surface area contributed by atoms with Gasteiger partial charge in [0.25, 0.3) is 0 Å². The molecule has 1 aromatic rings. The molecule has 1 saturated heterocycles. The third-order valence-corrected chi connectivity index (χ3v) is 5.23. The molecule has 2 atom stereocenters. The molecule has 0 spiro atoms. The smallest absolute Gasteiger partial charge is 0.0376 e. The average Bonchev–Trinajstić information content (AvgIpc) is 3.02. The van der Waals surface area contributed by atoms with Gasteiger partial charge in [-0.2, -0.15) is 0 Å². The zero-order valence-corrected chi connectivity index (χ0v) is 13.2. The topological polar surface area (TPSA) is 15.3 Å². The van der Waals surface area contributed by atoms with Crippen molar-refractivity contribution in [2.24, 2.45) is 11.3 Å². The highest BCUT2D eigenvalue weighted by atomic mass is 15.1. The van der Waals surface area contributed by atoms with Gasteiger partial charge in [0, 0.05) is 24.7 Å². The molecule has 3 rings (SSSR count). The molecule has 0 saturated carbocycles. The highest BCUT2D eigenvalue weighted by Crippen LogP contribution is 2.36. The summed E-state index contributed by atoms with van der Waals surface area (Å²) in [6.07, 6.45) is 2.67. The molecule has 0 aromatic heterocycles. The number of nitrogens with one attached hydrogen (secondary N) is 1. The predicted octanol–water partition coefficient (Wildman–Crippen LogP) is 3.95. The van der Waals surface area contributed by atoms with Crippen LogP contribution in [0.5, 0.6) is 0 Å². The van der Waals surface area contributed by atoms with Crippen molar-refractivity contribution in [2.75, 3.05) is 31.5 Å². The molecule has 2 unspecified atom stereocenters. The van der Waals surface area contributed by atoms with Gasteiger partial charge in [0.15, 0.2) is 0 Å². The zero-order valence-electron chi connectivity index (χ0n) is 13.2. The van der Waals surface area contributed by atoms with E-state index in [4.69, 9.17) is 0 Å². The number of anilines is 1. The first-order valence-corrected chi connectivity index (χ1v) is 8.09. The van der Waals surface area contributed by atoms with E-state index in [0.717, 1.165) is 12.5 Å². The van der Waals surface area contributed by atoms with E-state index in [9.17, 15) is 0 Å². The van der Waals surface area contributed by atoms with Gasteiger partial charge in [0.05, 0.1) is 0 Å². The Kier molecular flexibility index (Phi) is 3.76. The molecular weight excluding hydrogens is 244 g/mol. The van der Waals surface area contributed by atoms with E-state index >= 15 is 0 Å². The SMILES string of the molecule is CC(C)(C)C1CCN(CCC2CNc3ccccc32)C1. The number of para-hydroxylation sites is 1. The molecule has 0 bridgehead atoms. The van der Waals surface area contributed by atoms with Gasteiger partial charge < -0.3 is 10.2 Å². The zero-order chi connectivity index (χ0) is 14.2. The van der Waals surface area contributed by atoms with Gasteiger partial charge in [-0.05, 0) is 48.9 Å². The molecule has 20 heavy (non-hydrogen) atoms. The first-order chi connectivity index (χ1) is 9.54. The molecular formula is C18H28N2. The van der Waals surface area contributed by atoms with E-state index in [1.54, 1.807) is 0 Å².